The van der Waals surface area contributed by atoms with Crippen LogP contribution in [0.5, 0.6) is 0 Å². The minimum atomic E-state index is 0.813. The molecule has 3 aromatic rings. The number of hydrogen-bond acceptors (Lipinski definition) is 3. The van der Waals surface area contributed by atoms with Crippen LogP contribution in [0.4, 0.5) is 5.69 Å². The third-order valence-electron chi connectivity index (χ3n) is 2.76. The summed E-state index contributed by atoms with van der Waals surface area (Å²) in [6.45, 7) is 2.78. The molecule has 2 N–H and O–H groups in total. The average molecular weight is 401 g/mol. The molecule has 0 aliphatic heterocycles. The summed E-state index contributed by atoms with van der Waals surface area (Å²) < 4.78 is 2.23. The van der Waals surface area contributed by atoms with Crippen LogP contribution in [0.2, 0.25) is 0 Å². The fourth-order valence-corrected chi connectivity index (χ4v) is 4.03. The van der Waals surface area contributed by atoms with Crippen molar-refractivity contribution in [3.8, 4) is 0 Å². The van der Waals surface area contributed by atoms with Crippen molar-refractivity contribution in [2.45, 2.75) is 13.5 Å². The zero-order valence-electron chi connectivity index (χ0n) is 10.1. The summed E-state index contributed by atoms with van der Waals surface area (Å²) in [6.07, 6.45) is 0. The van der Waals surface area contributed by atoms with Crippen LogP contribution in [0.25, 0.3) is 11.0 Å². The van der Waals surface area contributed by atoms with E-state index < -0.39 is 0 Å². The second-order valence-corrected chi connectivity index (χ2v) is 7.55. The van der Waals surface area contributed by atoms with Crippen molar-refractivity contribution in [3.05, 3.63) is 43.2 Å². The van der Waals surface area contributed by atoms with E-state index in [1.54, 1.807) is 11.3 Å². The number of imidazole rings is 1. The van der Waals surface area contributed by atoms with Crippen molar-refractivity contribution in [1.29, 1.82) is 0 Å². The van der Waals surface area contributed by atoms with Crippen LogP contribution in [-0.4, -0.2) is 9.97 Å². The molecule has 19 heavy (non-hydrogen) atoms. The minimum Gasteiger partial charge on any atom is -0.380 e. The lowest BCUT2D eigenvalue weighted by Gasteiger charge is -2.04. The van der Waals surface area contributed by atoms with Crippen LogP contribution in [0, 0.1) is 6.92 Å². The third-order valence-corrected chi connectivity index (χ3v) is 6.02. The molecule has 0 aliphatic rings. The van der Waals surface area contributed by atoms with Crippen LogP contribution in [-0.2, 0) is 6.54 Å². The predicted molar refractivity (Wildman–Crippen MR) is 87.9 cm³/mol. The standard InChI is InChI=1S/C13H11Br2N3S/c1-7-17-11-3-2-8(4-12(11)18-7)16-6-9-5-10(14)13(15)19-9/h2-5,16H,6H2,1H3,(H,17,18). The molecule has 0 atom stereocenters. The van der Waals surface area contributed by atoms with E-state index in [0.717, 1.165) is 37.3 Å². The number of halogens is 2. The molecular formula is C13H11Br2N3S. The lowest BCUT2D eigenvalue weighted by molar-refractivity contribution is 1.17. The molecule has 98 valence electrons. The van der Waals surface area contributed by atoms with Crippen molar-refractivity contribution < 1.29 is 0 Å². The predicted octanol–water partition coefficient (Wildman–Crippen LogP) is 5.07. The number of nitrogens with zero attached hydrogens (tertiary/aromatic N) is 1. The van der Waals surface area contributed by atoms with Crippen molar-refractivity contribution in [2.24, 2.45) is 0 Å². The lowest BCUT2D eigenvalue weighted by Crippen LogP contribution is -1.96. The molecule has 0 amide bonds. The van der Waals surface area contributed by atoms with Gasteiger partial charge in [0.1, 0.15) is 5.82 Å². The highest BCUT2D eigenvalue weighted by Gasteiger charge is 2.05. The first kappa shape index (κ1) is 13.1. The Balaban J connectivity index is 1.77. The number of thiophene rings is 1. The van der Waals surface area contributed by atoms with Crippen molar-refractivity contribution in [3.63, 3.8) is 0 Å². The van der Waals surface area contributed by atoms with Crippen LogP contribution in [0.1, 0.15) is 10.7 Å². The van der Waals surface area contributed by atoms with Crippen LogP contribution >= 0.6 is 43.2 Å². The Morgan fingerprint density at radius 3 is 2.89 bits per heavy atom. The van der Waals surface area contributed by atoms with E-state index in [9.17, 15) is 0 Å². The van der Waals surface area contributed by atoms with Crippen LogP contribution in [0.3, 0.4) is 0 Å². The fraction of sp³-hybridized carbons (Fsp3) is 0.154. The largest absolute Gasteiger partial charge is 0.380 e. The van der Waals surface area contributed by atoms with Crippen molar-refractivity contribution in [2.75, 3.05) is 5.32 Å². The molecule has 0 saturated carbocycles. The number of aromatic nitrogens is 2. The molecule has 0 spiro atoms. The Kier molecular flexibility index (Phi) is 3.64. The van der Waals surface area contributed by atoms with Crippen molar-refractivity contribution >= 4 is 59.9 Å². The van der Waals surface area contributed by atoms with Gasteiger partial charge in [0.2, 0.25) is 0 Å². The molecule has 0 unspecified atom stereocenters. The molecule has 3 rings (SSSR count). The Morgan fingerprint density at radius 2 is 2.16 bits per heavy atom. The average Bonchev–Trinajstić information content (AvgIpc) is 2.88. The lowest BCUT2D eigenvalue weighted by atomic mass is 10.2. The molecule has 2 heterocycles. The fourth-order valence-electron chi connectivity index (χ4n) is 1.91. The Morgan fingerprint density at radius 1 is 1.32 bits per heavy atom. The number of benzene rings is 1. The van der Waals surface area contributed by atoms with Gasteiger partial charge < -0.3 is 10.3 Å². The Labute approximate surface area is 131 Å². The molecule has 0 radical (unpaired) electrons. The van der Waals surface area contributed by atoms with Gasteiger partial charge in [0.25, 0.3) is 0 Å². The molecule has 2 aromatic heterocycles. The zero-order valence-corrected chi connectivity index (χ0v) is 14.1. The summed E-state index contributed by atoms with van der Waals surface area (Å²) in [5.74, 6) is 0.943. The van der Waals surface area contributed by atoms with E-state index in [1.807, 2.05) is 13.0 Å². The molecule has 0 saturated heterocycles. The number of aryl methyl sites for hydroxylation is 1. The van der Waals surface area contributed by atoms with Gasteiger partial charge in [-0.05, 0) is 63.0 Å². The van der Waals surface area contributed by atoms with Gasteiger partial charge in [-0.25, -0.2) is 4.98 Å². The molecule has 0 aliphatic carbocycles. The maximum Gasteiger partial charge on any atom is 0.104 e. The van der Waals surface area contributed by atoms with Crippen molar-refractivity contribution in [1.82, 2.24) is 9.97 Å². The Bertz CT molecular complexity index is 713. The highest BCUT2D eigenvalue weighted by Crippen LogP contribution is 2.32. The molecule has 1 aromatic carbocycles. The van der Waals surface area contributed by atoms with Gasteiger partial charge in [-0.2, -0.15) is 0 Å². The molecule has 0 fully saturated rings. The van der Waals surface area contributed by atoms with Gasteiger partial charge in [-0.15, -0.1) is 11.3 Å². The Hall–Kier alpha value is -0.850. The van der Waals surface area contributed by atoms with Crippen LogP contribution < -0.4 is 5.32 Å². The first-order valence-corrected chi connectivity index (χ1v) is 8.16. The maximum atomic E-state index is 4.39. The van der Waals surface area contributed by atoms with E-state index >= 15 is 0 Å². The van der Waals surface area contributed by atoms with E-state index in [-0.39, 0.29) is 0 Å². The summed E-state index contributed by atoms with van der Waals surface area (Å²) in [7, 11) is 0. The van der Waals surface area contributed by atoms with Crippen LogP contribution in [0.15, 0.2) is 32.5 Å². The third kappa shape index (κ3) is 2.85. The minimum absolute atomic E-state index is 0.813. The smallest absolute Gasteiger partial charge is 0.104 e. The number of anilines is 1. The number of hydrogen-bond donors (Lipinski definition) is 2. The molecule has 3 nitrogen and oxygen atoms in total. The summed E-state index contributed by atoms with van der Waals surface area (Å²) >= 11 is 8.74. The number of rotatable bonds is 3. The number of fused-ring (bicyclic) bond motifs is 1. The summed E-state index contributed by atoms with van der Waals surface area (Å²) in [6, 6.07) is 8.30. The van der Waals surface area contributed by atoms with Gasteiger partial charge in [0, 0.05) is 21.6 Å². The highest BCUT2D eigenvalue weighted by molar-refractivity contribution is 9.13. The summed E-state index contributed by atoms with van der Waals surface area (Å²) in [4.78, 5) is 8.92. The summed E-state index contributed by atoms with van der Waals surface area (Å²) in [5, 5.41) is 3.42. The maximum absolute atomic E-state index is 4.39. The second-order valence-electron chi connectivity index (χ2n) is 4.24. The zero-order chi connectivity index (χ0) is 13.4. The summed E-state index contributed by atoms with van der Waals surface area (Å²) in [5.41, 5.74) is 3.16. The van der Waals surface area contributed by atoms with Gasteiger partial charge in [0.05, 0.1) is 14.8 Å². The van der Waals surface area contributed by atoms with Gasteiger partial charge >= 0.3 is 0 Å². The first-order chi connectivity index (χ1) is 9.11. The van der Waals surface area contributed by atoms with E-state index in [2.05, 4.69) is 65.3 Å². The van der Waals surface area contributed by atoms with E-state index in [1.165, 1.54) is 4.88 Å². The second kappa shape index (κ2) is 5.26. The van der Waals surface area contributed by atoms with Gasteiger partial charge in [0.15, 0.2) is 0 Å². The topological polar surface area (TPSA) is 40.7 Å². The number of H-pyrrole nitrogens is 1. The highest BCUT2D eigenvalue weighted by atomic mass is 79.9. The van der Waals surface area contributed by atoms with E-state index in [0.29, 0.717) is 0 Å². The molecule has 0 bridgehead atoms. The number of aromatic amines is 1. The molecule has 6 heteroatoms. The van der Waals surface area contributed by atoms with E-state index in [4.69, 9.17) is 0 Å². The monoisotopic (exact) mass is 399 g/mol. The van der Waals surface area contributed by atoms with Gasteiger partial charge in [-0.3, -0.25) is 0 Å². The molecular weight excluding hydrogens is 390 g/mol. The number of nitrogens with one attached hydrogen (secondary N) is 2. The normalized spacial score (nSPS) is 11.1. The first-order valence-electron chi connectivity index (χ1n) is 5.76. The SMILES string of the molecule is Cc1nc2ccc(NCc3cc(Br)c(Br)s3)cc2[nH]1. The quantitative estimate of drug-likeness (QED) is 0.644. The van der Waals surface area contributed by atoms with Gasteiger partial charge in [-0.1, -0.05) is 0 Å².